The molecule has 3 amide bonds. The van der Waals surface area contributed by atoms with Crippen LogP contribution in [-0.2, 0) is 16.1 Å². The van der Waals surface area contributed by atoms with Crippen LogP contribution >= 0.6 is 0 Å². The minimum absolute atomic E-state index is 0.253. The molecule has 0 saturated heterocycles. The molecule has 2 aromatic carbocycles. The van der Waals surface area contributed by atoms with Gasteiger partial charge in [-0.15, -0.1) is 0 Å². The molecule has 0 saturated carbocycles. The first-order valence-corrected chi connectivity index (χ1v) is 8.25. The minimum atomic E-state index is -0.811. The van der Waals surface area contributed by atoms with Gasteiger partial charge < -0.3 is 15.5 Å². The highest BCUT2D eigenvalue weighted by molar-refractivity contribution is 6.40. The second-order valence-electron chi connectivity index (χ2n) is 6.31. The summed E-state index contributed by atoms with van der Waals surface area (Å²) in [7, 11) is 3.25. The third-order valence-corrected chi connectivity index (χ3v) is 3.96. The van der Waals surface area contributed by atoms with Crippen molar-refractivity contribution in [2.45, 2.75) is 20.4 Å². The highest BCUT2D eigenvalue weighted by Gasteiger charge is 2.18. The first-order valence-electron chi connectivity index (χ1n) is 8.25. The van der Waals surface area contributed by atoms with Crippen molar-refractivity contribution in [3.05, 3.63) is 64.7 Å². The number of rotatable bonds is 4. The van der Waals surface area contributed by atoms with Crippen LogP contribution in [0.1, 0.15) is 27.0 Å². The number of nitrogens with zero attached hydrogens (tertiary/aromatic N) is 1. The van der Waals surface area contributed by atoms with Crippen molar-refractivity contribution in [3.8, 4) is 0 Å². The zero-order valence-electron chi connectivity index (χ0n) is 15.4. The van der Waals surface area contributed by atoms with E-state index < -0.39 is 11.8 Å². The summed E-state index contributed by atoms with van der Waals surface area (Å²) in [6.07, 6.45) is 0. The lowest BCUT2D eigenvalue weighted by atomic mass is 10.1. The van der Waals surface area contributed by atoms with Gasteiger partial charge in [0.1, 0.15) is 0 Å². The molecule has 6 nitrogen and oxygen atoms in total. The molecule has 26 heavy (non-hydrogen) atoms. The molecule has 136 valence electrons. The van der Waals surface area contributed by atoms with Gasteiger partial charge in [-0.1, -0.05) is 35.9 Å². The number of benzene rings is 2. The number of anilines is 1. The molecular formula is C20H23N3O3. The standard InChI is InChI=1S/C20H23N3O3/c1-13-9-10-15(14(2)11-13)12-21-18(24)19(25)22-17-8-6-5-7-16(17)20(26)23(3)4/h5-11H,12H2,1-4H3,(H,21,24)(H,22,25). The lowest BCUT2D eigenvalue weighted by molar-refractivity contribution is -0.136. The Kier molecular flexibility index (Phi) is 6.11. The number of nitrogens with one attached hydrogen (secondary N) is 2. The summed E-state index contributed by atoms with van der Waals surface area (Å²) in [4.78, 5) is 37.8. The molecule has 0 aliphatic heterocycles. The molecule has 0 radical (unpaired) electrons. The molecule has 0 unspecified atom stereocenters. The van der Waals surface area contributed by atoms with E-state index in [1.54, 1.807) is 38.4 Å². The predicted octanol–water partition coefficient (Wildman–Crippen LogP) is 2.26. The van der Waals surface area contributed by atoms with Crippen LogP contribution in [-0.4, -0.2) is 36.7 Å². The van der Waals surface area contributed by atoms with E-state index in [9.17, 15) is 14.4 Å². The molecule has 2 rings (SSSR count). The maximum Gasteiger partial charge on any atom is 0.313 e. The third kappa shape index (κ3) is 4.69. The van der Waals surface area contributed by atoms with Gasteiger partial charge >= 0.3 is 11.8 Å². The average molecular weight is 353 g/mol. The maximum absolute atomic E-state index is 12.2. The maximum atomic E-state index is 12.2. The second-order valence-corrected chi connectivity index (χ2v) is 6.31. The van der Waals surface area contributed by atoms with Gasteiger partial charge in [0.25, 0.3) is 5.91 Å². The van der Waals surface area contributed by atoms with E-state index in [1.807, 2.05) is 32.0 Å². The van der Waals surface area contributed by atoms with Crippen LogP contribution < -0.4 is 10.6 Å². The number of carbonyl (C=O) groups excluding carboxylic acids is 3. The highest BCUT2D eigenvalue weighted by Crippen LogP contribution is 2.16. The lowest BCUT2D eigenvalue weighted by Gasteiger charge is -2.14. The van der Waals surface area contributed by atoms with Crippen LogP contribution in [0, 0.1) is 13.8 Å². The van der Waals surface area contributed by atoms with E-state index in [0.29, 0.717) is 11.3 Å². The van der Waals surface area contributed by atoms with E-state index in [2.05, 4.69) is 10.6 Å². The molecule has 0 spiro atoms. The summed E-state index contributed by atoms with van der Waals surface area (Å²) in [5.74, 6) is -1.82. The van der Waals surface area contributed by atoms with E-state index >= 15 is 0 Å². The molecule has 2 N–H and O–H groups in total. The quantitative estimate of drug-likeness (QED) is 0.828. The van der Waals surface area contributed by atoms with Gasteiger partial charge in [0.2, 0.25) is 0 Å². The summed E-state index contributed by atoms with van der Waals surface area (Å²) in [5.41, 5.74) is 3.76. The van der Waals surface area contributed by atoms with Crippen molar-refractivity contribution in [1.29, 1.82) is 0 Å². The largest absolute Gasteiger partial charge is 0.345 e. The summed E-state index contributed by atoms with van der Waals surface area (Å²) in [5, 5.41) is 5.11. The molecular weight excluding hydrogens is 330 g/mol. The Morgan fingerprint density at radius 3 is 2.31 bits per heavy atom. The van der Waals surface area contributed by atoms with Crippen LogP contribution in [0.2, 0.25) is 0 Å². The monoisotopic (exact) mass is 353 g/mol. The Morgan fingerprint density at radius 2 is 1.65 bits per heavy atom. The minimum Gasteiger partial charge on any atom is -0.345 e. The van der Waals surface area contributed by atoms with Crippen molar-refractivity contribution in [2.75, 3.05) is 19.4 Å². The van der Waals surface area contributed by atoms with Crippen LogP contribution in [0.4, 0.5) is 5.69 Å². The number of para-hydroxylation sites is 1. The smallest absolute Gasteiger partial charge is 0.313 e. The highest BCUT2D eigenvalue weighted by atomic mass is 16.2. The Hall–Kier alpha value is -3.15. The van der Waals surface area contributed by atoms with E-state index in [0.717, 1.165) is 16.7 Å². The number of hydrogen-bond donors (Lipinski definition) is 2. The topological polar surface area (TPSA) is 78.5 Å². The fourth-order valence-electron chi connectivity index (χ4n) is 2.50. The van der Waals surface area contributed by atoms with Crippen LogP contribution in [0.5, 0.6) is 0 Å². The van der Waals surface area contributed by atoms with Gasteiger partial charge in [-0.25, -0.2) is 0 Å². The van der Waals surface area contributed by atoms with Crippen LogP contribution in [0.3, 0.4) is 0 Å². The zero-order chi connectivity index (χ0) is 19.3. The Labute approximate surface area is 153 Å². The van der Waals surface area contributed by atoms with Gasteiger partial charge in [0, 0.05) is 20.6 Å². The second kappa shape index (κ2) is 8.29. The molecule has 0 heterocycles. The molecule has 0 fully saturated rings. The normalized spacial score (nSPS) is 10.2. The number of amides is 3. The molecule has 0 atom stereocenters. The van der Waals surface area contributed by atoms with E-state index in [4.69, 9.17) is 0 Å². The molecule has 2 aromatic rings. The van der Waals surface area contributed by atoms with E-state index in [-0.39, 0.29) is 12.5 Å². The molecule has 0 bridgehead atoms. The summed E-state index contributed by atoms with van der Waals surface area (Å²) < 4.78 is 0. The van der Waals surface area contributed by atoms with Crippen LogP contribution in [0.25, 0.3) is 0 Å². The van der Waals surface area contributed by atoms with Crippen molar-refractivity contribution >= 4 is 23.4 Å². The fraction of sp³-hybridized carbons (Fsp3) is 0.250. The van der Waals surface area contributed by atoms with Crippen LogP contribution in [0.15, 0.2) is 42.5 Å². The number of hydrogen-bond acceptors (Lipinski definition) is 3. The van der Waals surface area contributed by atoms with Gasteiger partial charge in [-0.3, -0.25) is 14.4 Å². The molecule has 0 aliphatic rings. The van der Waals surface area contributed by atoms with E-state index in [1.165, 1.54) is 4.90 Å². The Balaban J connectivity index is 2.04. The first-order chi connectivity index (χ1) is 12.3. The Bertz CT molecular complexity index is 844. The summed E-state index contributed by atoms with van der Waals surface area (Å²) in [6.45, 7) is 4.21. The Morgan fingerprint density at radius 1 is 0.962 bits per heavy atom. The fourth-order valence-corrected chi connectivity index (χ4v) is 2.50. The van der Waals surface area contributed by atoms with Gasteiger partial charge in [0.05, 0.1) is 11.3 Å². The lowest BCUT2D eigenvalue weighted by Crippen LogP contribution is -2.35. The number of carbonyl (C=O) groups is 3. The predicted molar refractivity (Wildman–Crippen MR) is 101 cm³/mol. The summed E-state index contributed by atoms with van der Waals surface area (Å²) >= 11 is 0. The third-order valence-electron chi connectivity index (χ3n) is 3.96. The van der Waals surface area contributed by atoms with Crippen molar-refractivity contribution in [2.24, 2.45) is 0 Å². The average Bonchev–Trinajstić information content (AvgIpc) is 2.60. The van der Waals surface area contributed by atoms with Crippen molar-refractivity contribution in [1.82, 2.24) is 10.2 Å². The SMILES string of the molecule is Cc1ccc(CNC(=O)C(=O)Nc2ccccc2C(=O)N(C)C)c(C)c1. The summed E-state index contributed by atoms with van der Waals surface area (Å²) in [6, 6.07) is 12.5. The van der Waals surface area contributed by atoms with Gasteiger partial charge in [-0.05, 0) is 37.1 Å². The van der Waals surface area contributed by atoms with Gasteiger partial charge in [-0.2, -0.15) is 0 Å². The van der Waals surface area contributed by atoms with Crippen molar-refractivity contribution < 1.29 is 14.4 Å². The molecule has 0 aromatic heterocycles. The zero-order valence-corrected chi connectivity index (χ0v) is 15.4. The first kappa shape index (κ1) is 19.2. The van der Waals surface area contributed by atoms with Gasteiger partial charge in [0.15, 0.2) is 0 Å². The molecule has 0 aliphatic carbocycles. The van der Waals surface area contributed by atoms with Crippen molar-refractivity contribution in [3.63, 3.8) is 0 Å². The number of aryl methyl sites for hydroxylation is 2. The molecule has 6 heteroatoms.